The maximum Gasteiger partial charge on any atom is 4.00 e. The van der Waals surface area contributed by atoms with Crippen molar-refractivity contribution in [1.82, 2.24) is 0 Å². The SMILES string of the molecule is Cc1cccc(SP([O-])([O-])=S)c1C.Cc1cccc(SP([O-])([O-])=S)c1C.[Mo+4]. The topological polar surface area (TPSA) is 92.2 Å². The molecular weight excluding hydrogens is 542 g/mol. The maximum atomic E-state index is 10.9. The Morgan fingerprint density at radius 2 is 0.963 bits per heavy atom. The van der Waals surface area contributed by atoms with Gasteiger partial charge in [0.15, 0.2) is 0 Å². The Labute approximate surface area is 193 Å². The van der Waals surface area contributed by atoms with Gasteiger partial charge in [-0.25, -0.2) is 0 Å². The Morgan fingerprint density at radius 1 is 0.667 bits per heavy atom. The summed E-state index contributed by atoms with van der Waals surface area (Å²) in [5.74, 6) is 0. The van der Waals surface area contributed by atoms with Gasteiger partial charge in [-0.05, 0) is 62.1 Å². The van der Waals surface area contributed by atoms with E-state index in [-0.39, 0.29) is 21.1 Å². The van der Waals surface area contributed by atoms with E-state index in [1.807, 2.05) is 52.0 Å². The summed E-state index contributed by atoms with van der Waals surface area (Å²) in [7, 11) is 0. The second kappa shape index (κ2) is 12.0. The van der Waals surface area contributed by atoms with Crippen LogP contribution in [0.15, 0.2) is 46.2 Å². The van der Waals surface area contributed by atoms with Gasteiger partial charge in [-0.1, -0.05) is 24.3 Å². The molecule has 0 amide bonds. The van der Waals surface area contributed by atoms with Crippen molar-refractivity contribution in [2.45, 2.75) is 37.5 Å². The van der Waals surface area contributed by atoms with Gasteiger partial charge in [0.25, 0.3) is 0 Å². The molecule has 2 aromatic carbocycles. The number of hydrogen-bond donors (Lipinski definition) is 0. The van der Waals surface area contributed by atoms with Gasteiger partial charge in [-0.3, -0.25) is 0 Å². The monoisotopic (exact) mass is 562 g/mol. The van der Waals surface area contributed by atoms with Gasteiger partial charge in [0.2, 0.25) is 0 Å². The van der Waals surface area contributed by atoms with Crippen molar-refractivity contribution in [2.24, 2.45) is 0 Å². The quantitative estimate of drug-likeness (QED) is 0.417. The molecule has 27 heavy (non-hydrogen) atoms. The van der Waals surface area contributed by atoms with Crippen LogP contribution in [-0.4, -0.2) is 0 Å². The molecule has 0 unspecified atom stereocenters. The molecule has 0 heterocycles. The largest absolute Gasteiger partial charge is 4.00 e. The molecule has 2 aromatic rings. The zero-order chi connectivity index (χ0) is 20.1. The van der Waals surface area contributed by atoms with Crippen LogP contribution in [0.5, 0.6) is 0 Å². The van der Waals surface area contributed by atoms with Crippen LogP contribution in [-0.2, 0) is 44.7 Å². The second-order valence-electron chi connectivity index (χ2n) is 5.47. The van der Waals surface area contributed by atoms with Crippen molar-refractivity contribution in [3.05, 3.63) is 58.7 Å². The van der Waals surface area contributed by atoms with Gasteiger partial charge in [0.05, 0.1) is 0 Å². The summed E-state index contributed by atoms with van der Waals surface area (Å²) in [5.41, 5.74) is -3.25. The van der Waals surface area contributed by atoms with Gasteiger partial charge in [0.1, 0.15) is 0 Å². The first-order valence-electron chi connectivity index (χ1n) is 7.36. The first-order valence-corrected chi connectivity index (χ1v) is 15.5. The molecule has 0 saturated heterocycles. The first kappa shape index (κ1) is 28.0. The molecule has 0 saturated carbocycles. The summed E-state index contributed by atoms with van der Waals surface area (Å²) >= 11 is 10.2. The molecule has 0 aliphatic rings. The normalized spacial score (nSPS) is 11.3. The molecule has 0 spiro atoms. The van der Waals surface area contributed by atoms with Crippen LogP contribution >= 0.6 is 34.2 Å². The molecule has 0 aliphatic carbocycles. The zero-order valence-electron chi connectivity index (χ0n) is 15.0. The fourth-order valence-electron chi connectivity index (χ4n) is 1.89. The molecular formula is C16H18MoO4P2S4. The van der Waals surface area contributed by atoms with E-state index in [0.717, 1.165) is 54.8 Å². The summed E-state index contributed by atoms with van der Waals surface area (Å²) in [6.45, 7) is 7.67. The summed E-state index contributed by atoms with van der Waals surface area (Å²) < 4.78 is 0. The minimum Gasteiger partial charge on any atom is -0.824 e. The smallest absolute Gasteiger partial charge is 0.824 e. The summed E-state index contributed by atoms with van der Waals surface area (Å²) in [6, 6.07) is 11.1. The molecule has 2 rings (SSSR count). The summed E-state index contributed by atoms with van der Waals surface area (Å²) in [6.07, 6.45) is 0. The standard InChI is InChI=1S/2C8H11O2PS2.Mo/c2*1-6-4-3-5-8(7(6)2)13-11(9,10)12;/h2*3-5H,1-2H3,(H2,9,10,12);/q;;+4/p-4. The van der Waals surface area contributed by atoms with Crippen molar-refractivity contribution >= 4 is 57.8 Å². The fraction of sp³-hybridized carbons (Fsp3) is 0.250. The van der Waals surface area contributed by atoms with E-state index in [1.165, 1.54) is 0 Å². The van der Waals surface area contributed by atoms with Crippen LogP contribution in [0.25, 0.3) is 0 Å². The van der Waals surface area contributed by atoms with Crippen molar-refractivity contribution in [1.29, 1.82) is 0 Å². The number of rotatable bonds is 4. The maximum absolute atomic E-state index is 10.9. The third kappa shape index (κ3) is 11.1. The van der Waals surface area contributed by atoms with E-state index in [9.17, 15) is 19.6 Å². The van der Waals surface area contributed by atoms with E-state index in [2.05, 4.69) is 23.6 Å². The Bertz CT molecular complexity index is 796. The fourth-order valence-corrected chi connectivity index (χ4v) is 7.32. The van der Waals surface area contributed by atoms with Crippen LogP contribution in [0.4, 0.5) is 0 Å². The molecule has 11 heteroatoms. The van der Waals surface area contributed by atoms with Gasteiger partial charge in [0, 0.05) is 9.79 Å². The van der Waals surface area contributed by atoms with Crippen molar-refractivity contribution < 1.29 is 40.6 Å². The Balaban J connectivity index is 0.000000483. The third-order valence-corrected chi connectivity index (χ3v) is 9.12. The molecule has 0 bridgehead atoms. The van der Waals surface area contributed by atoms with Crippen molar-refractivity contribution in [2.75, 3.05) is 0 Å². The Morgan fingerprint density at radius 3 is 1.22 bits per heavy atom. The van der Waals surface area contributed by atoms with Gasteiger partial charge >= 0.3 is 21.1 Å². The van der Waals surface area contributed by atoms with E-state index in [4.69, 9.17) is 0 Å². The Kier molecular flexibility index (Phi) is 12.4. The first-order chi connectivity index (χ1) is 11.8. The average Bonchev–Trinajstić information content (AvgIpc) is 2.47. The molecule has 0 aliphatic heterocycles. The molecule has 0 N–H and O–H groups in total. The third-order valence-electron chi connectivity index (χ3n) is 3.53. The predicted octanol–water partition coefficient (Wildman–Crippen LogP) is 2.68. The zero-order valence-corrected chi connectivity index (χ0v) is 22.1. The van der Waals surface area contributed by atoms with Crippen LogP contribution < -0.4 is 19.6 Å². The van der Waals surface area contributed by atoms with E-state index >= 15 is 0 Å². The van der Waals surface area contributed by atoms with Crippen LogP contribution in [0, 0.1) is 27.7 Å². The van der Waals surface area contributed by atoms with Crippen LogP contribution in [0.2, 0.25) is 0 Å². The van der Waals surface area contributed by atoms with Crippen molar-refractivity contribution in [3.8, 4) is 0 Å². The number of hydrogen-bond acceptors (Lipinski definition) is 8. The van der Waals surface area contributed by atoms with Gasteiger partial charge < -0.3 is 19.6 Å². The summed E-state index contributed by atoms with van der Waals surface area (Å²) in [4.78, 5) is 44.9. The average molecular weight is 560 g/mol. The summed E-state index contributed by atoms with van der Waals surface area (Å²) in [5, 5.41) is 0. The Hall–Kier alpha value is 0.968. The second-order valence-corrected chi connectivity index (χ2v) is 16.8. The van der Waals surface area contributed by atoms with E-state index in [1.54, 1.807) is 12.1 Å². The van der Waals surface area contributed by atoms with Gasteiger partial charge in [-0.2, -0.15) is 11.4 Å². The van der Waals surface area contributed by atoms with Crippen molar-refractivity contribution in [3.63, 3.8) is 0 Å². The molecule has 0 atom stereocenters. The minimum absolute atomic E-state index is 0. The molecule has 4 nitrogen and oxygen atoms in total. The van der Waals surface area contributed by atoms with Crippen LogP contribution in [0.1, 0.15) is 22.3 Å². The minimum atomic E-state index is -3.68. The van der Waals surface area contributed by atoms with E-state index in [0.29, 0.717) is 0 Å². The van der Waals surface area contributed by atoms with E-state index < -0.39 is 11.4 Å². The van der Waals surface area contributed by atoms with Crippen LogP contribution in [0.3, 0.4) is 0 Å². The molecule has 0 radical (unpaired) electrons. The molecule has 0 aromatic heterocycles. The number of aryl methyl sites for hydroxylation is 2. The predicted molar refractivity (Wildman–Crippen MR) is 112 cm³/mol. The molecule has 0 fully saturated rings. The van der Waals surface area contributed by atoms with Gasteiger partial charge in [-0.15, -0.1) is 46.4 Å². The molecule has 146 valence electrons. The number of benzene rings is 2.